The standard InChI is InChI=1S/C13H27NO2/c1-2-16-12-13-6-9-14(10-7-13)8-4-3-5-11-15/h13,15H,2-12H2,1H3. The van der Waals surface area contributed by atoms with Gasteiger partial charge in [-0.1, -0.05) is 0 Å². The van der Waals surface area contributed by atoms with Crippen LogP contribution >= 0.6 is 0 Å². The number of likely N-dealkylation sites (tertiary alicyclic amines) is 1. The average Bonchev–Trinajstić information content (AvgIpc) is 2.33. The lowest BCUT2D eigenvalue weighted by Crippen LogP contribution is -2.35. The summed E-state index contributed by atoms with van der Waals surface area (Å²) in [5, 5.41) is 8.69. The third-order valence-corrected chi connectivity index (χ3v) is 3.40. The van der Waals surface area contributed by atoms with Crippen LogP contribution in [0.5, 0.6) is 0 Å². The molecule has 16 heavy (non-hydrogen) atoms. The maximum absolute atomic E-state index is 8.69. The van der Waals surface area contributed by atoms with Gasteiger partial charge in [-0.3, -0.25) is 0 Å². The fraction of sp³-hybridized carbons (Fsp3) is 1.00. The molecule has 3 nitrogen and oxygen atoms in total. The van der Waals surface area contributed by atoms with Crippen molar-refractivity contribution >= 4 is 0 Å². The minimum atomic E-state index is 0.344. The molecule has 0 radical (unpaired) electrons. The second kappa shape index (κ2) is 8.97. The summed E-state index contributed by atoms with van der Waals surface area (Å²) in [6.45, 7) is 7.89. The van der Waals surface area contributed by atoms with Crippen LogP contribution < -0.4 is 0 Å². The van der Waals surface area contributed by atoms with Gasteiger partial charge in [0, 0.05) is 19.8 Å². The molecule has 96 valence electrons. The van der Waals surface area contributed by atoms with Crippen molar-refractivity contribution in [3.05, 3.63) is 0 Å². The molecule has 0 bridgehead atoms. The second-order valence-electron chi connectivity index (χ2n) is 4.73. The van der Waals surface area contributed by atoms with Gasteiger partial charge in [0.1, 0.15) is 0 Å². The van der Waals surface area contributed by atoms with Crippen molar-refractivity contribution in [3.8, 4) is 0 Å². The van der Waals surface area contributed by atoms with E-state index in [1.54, 1.807) is 0 Å². The Kier molecular flexibility index (Phi) is 7.81. The monoisotopic (exact) mass is 229 g/mol. The van der Waals surface area contributed by atoms with Crippen LogP contribution in [0.3, 0.4) is 0 Å². The summed E-state index contributed by atoms with van der Waals surface area (Å²) < 4.78 is 5.47. The minimum Gasteiger partial charge on any atom is -0.396 e. The van der Waals surface area contributed by atoms with Crippen LogP contribution in [-0.4, -0.2) is 49.5 Å². The molecular weight excluding hydrogens is 202 g/mol. The van der Waals surface area contributed by atoms with Crippen molar-refractivity contribution in [2.75, 3.05) is 39.5 Å². The van der Waals surface area contributed by atoms with Gasteiger partial charge < -0.3 is 14.7 Å². The summed E-state index contributed by atoms with van der Waals surface area (Å²) in [5.74, 6) is 0.786. The van der Waals surface area contributed by atoms with E-state index in [1.165, 1.54) is 38.9 Å². The largest absolute Gasteiger partial charge is 0.396 e. The summed E-state index contributed by atoms with van der Waals surface area (Å²) in [4.78, 5) is 2.56. The first kappa shape index (κ1) is 13.9. The fourth-order valence-corrected chi connectivity index (χ4v) is 2.29. The van der Waals surface area contributed by atoms with E-state index in [1.807, 2.05) is 0 Å². The molecule has 1 aliphatic rings. The number of ether oxygens (including phenoxy) is 1. The first-order valence-electron chi connectivity index (χ1n) is 6.77. The fourth-order valence-electron chi connectivity index (χ4n) is 2.29. The molecule has 0 unspecified atom stereocenters. The van der Waals surface area contributed by atoms with E-state index in [4.69, 9.17) is 9.84 Å². The van der Waals surface area contributed by atoms with Crippen molar-refractivity contribution in [2.45, 2.75) is 39.0 Å². The maximum Gasteiger partial charge on any atom is 0.0495 e. The van der Waals surface area contributed by atoms with E-state index < -0.39 is 0 Å². The highest BCUT2D eigenvalue weighted by atomic mass is 16.5. The molecule has 0 saturated carbocycles. The predicted molar refractivity (Wildman–Crippen MR) is 66.6 cm³/mol. The number of hydrogen-bond acceptors (Lipinski definition) is 3. The first-order chi connectivity index (χ1) is 7.86. The number of aliphatic hydroxyl groups excluding tert-OH is 1. The Morgan fingerprint density at radius 1 is 1.19 bits per heavy atom. The van der Waals surface area contributed by atoms with Gasteiger partial charge in [0.25, 0.3) is 0 Å². The zero-order valence-electron chi connectivity index (χ0n) is 10.7. The molecule has 1 N–H and O–H groups in total. The van der Waals surface area contributed by atoms with Gasteiger partial charge in [0.15, 0.2) is 0 Å². The quantitative estimate of drug-likeness (QED) is 0.645. The van der Waals surface area contributed by atoms with Crippen LogP contribution in [0.25, 0.3) is 0 Å². The lowest BCUT2D eigenvalue weighted by molar-refractivity contribution is 0.0736. The van der Waals surface area contributed by atoms with Crippen LogP contribution in [0.15, 0.2) is 0 Å². The van der Waals surface area contributed by atoms with Gasteiger partial charge in [0.05, 0.1) is 0 Å². The molecule has 0 aromatic carbocycles. The summed E-state index contributed by atoms with van der Waals surface area (Å²) in [6.07, 6.45) is 5.94. The first-order valence-corrected chi connectivity index (χ1v) is 6.77. The van der Waals surface area contributed by atoms with Crippen LogP contribution in [0, 0.1) is 5.92 Å². The van der Waals surface area contributed by atoms with E-state index in [0.717, 1.165) is 32.0 Å². The molecule has 1 heterocycles. The molecule has 1 rings (SSSR count). The van der Waals surface area contributed by atoms with E-state index in [-0.39, 0.29) is 0 Å². The number of nitrogens with zero attached hydrogens (tertiary/aromatic N) is 1. The zero-order chi connectivity index (χ0) is 11.6. The number of unbranched alkanes of at least 4 members (excludes halogenated alkanes) is 2. The van der Waals surface area contributed by atoms with Gasteiger partial charge in [-0.05, 0) is 64.6 Å². The Morgan fingerprint density at radius 2 is 1.94 bits per heavy atom. The third-order valence-electron chi connectivity index (χ3n) is 3.40. The van der Waals surface area contributed by atoms with Crippen molar-refractivity contribution in [1.29, 1.82) is 0 Å². The predicted octanol–water partition coefficient (Wildman–Crippen LogP) is 1.90. The smallest absolute Gasteiger partial charge is 0.0495 e. The summed E-state index contributed by atoms with van der Waals surface area (Å²) in [6, 6.07) is 0. The lowest BCUT2D eigenvalue weighted by Gasteiger charge is -2.31. The molecule has 0 aromatic rings. The number of rotatable bonds is 8. The Hall–Kier alpha value is -0.120. The van der Waals surface area contributed by atoms with E-state index >= 15 is 0 Å². The molecule has 0 aliphatic carbocycles. The molecule has 0 spiro atoms. The highest BCUT2D eigenvalue weighted by Crippen LogP contribution is 2.17. The van der Waals surface area contributed by atoms with E-state index in [0.29, 0.717) is 6.61 Å². The molecule has 1 aliphatic heterocycles. The molecule has 0 aromatic heterocycles. The Balaban J connectivity index is 1.98. The van der Waals surface area contributed by atoms with Crippen LogP contribution in [0.1, 0.15) is 39.0 Å². The lowest BCUT2D eigenvalue weighted by atomic mass is 9.97. The highest BCUT2D eigenvalue weighted by Gasteiger charge is 2.18. The minimum absolute atomic E-state index is 0.344. The molecule has 1 saturated heterocycles. The summed E-state index contributed by atoms with van der Waals surface area (Å²) in [5.41, 5.74) is 0. The van der Waals surface area contributed by atoms with Crippen LogP contribution in [0.4, 0.5) is 0 Å². The number of piperidine rings is 1. The average molecular weight is 229 g/mol. The summed E-state index contributed by atoms with van der Waals surface area (Å²) >= 11 is 0. The second-order valence-corrected chi connectivity index (χ2v) is 4.73. The van der Waals surface area contributed by atoms with Crippen molar-refractivity contribution in [2.24, 2.45) is 5.92 Å². The van der Waals surface area contributed by atoms with Crippen molar-refractivity contribution in [1.82, 2.24) is 4.90 Å². The normalized spacial score (nSPS) is 19.1. The Bertz CT molecular complexity index is 156. The van der Waals surface area contributed by atoms with Gasteiger partial charge >= 0.3 is 0 Å². The Morgan fingerprint density at radius 3 is 2.56 bits per heavy atom. The van der Waals surface area contributed by atoms with Crippen LogP contribution in [-0.2, 0) is 4.74 Å². The summed E-state index contributed by atoms with van der Waals surface area (Å²) in [7, 11) is 0. The zero-order valence-corrected chi connectivity index (χ0v) is 10.7. The molecule has 0 atom stereocenters. The van der Waals surface area contributed by atoms with Gasteiger partial charge in [0.2, 0.25) is 0 Å². The van der Waals surface area contributed by atoms with E-state index in [2.05, 4.69) is 11.8 Å². The highest BCUT2D eigenvalue weighted by molar-refractivity contribution is 4.71. The maximum atomic E-state index is 8.69. The SMILES string of the molecule is CCOCC1CCN(CCCCCO)CC1. The number of hydrogen-bond donors (Lipinski definition) is 1. The van der Waals surface area contributed by atoms with Crippen LogP contribution in [0.2, 0.25) is 0 Å². The van der Waals surface area contributed by atoms with E-state index in [9.17, 15) is 0 Å². The topological polar surface area (TPSA) is 32.7 Å². The van der Waals surface area contributed by atoms with Crippen molar-refractivity contribution in [3.63, 3.8) is 0 Å². The van der Waals surface area contributed by atoms with Gasteiger partial charge in [-0.25, -0.2) is 0 Å². The molecule has 0 amide bonds. The molecule has 1 fully saturated rings. The third kappa shape index (κ3) is 5.83. The van der Waals surface area contributed by atoms with Gasteiger partial charge in [-0.2, -0.15) is 0 Å². The molecular formula is C13H27NO2. The Labute approximate surface area is 99.8 Å². The number of aliphatic hydroxyl groups is 1. The van der Waals surface area contributed by atoms with Crippen molar-refractivity contribution < 1.29 is 9.84 Å². The molecule has 3 heteroatoms. The van der Waals surface area contributed by atoms with Gasteiger partial charge in [-0.15, -0.1) is 0 Å².